The van der Waals surface area contributed by atoms with Gasteiger partial charge in [-0.3, -0.25) is 4.79 Å². The smallest absolute Gasteiger partial charge is 0.313 e. The first-order valence-electron chi connectivity index (χ1n) is 6.45. The van der Waals surface area contributed by atoms with E-state index in [0.29, 0.717) is 0 Å². The maximum Gasteiger partial charge on any atom is 0.313 e. The molecule has 0 aliphatic heterocycles. The molecule has 1 aromatic carbocycles. The number of carbonyl (C=O) groups excluding carboxylic acids is 1. The zero-order valence-electron chi connectivity index (χ0n) is 11.0. The molecule has 98 valence electrons. The summed E-state index contributed by atoms with van der Waals surface area (Å²) in [4.78, 5) is 11.9. The molecular weight excluding hydrogens is 236 g/mol. The third-order valence-corrected chi connectivity index (χ3v) is 3.24. The summed E-state index contributed by atoms with van der Waals surface area (Å²) >= 11 is 0. The molecule has 2 atom stereocenters. The predicted molar refractivity (Wildman–Crippen MR) is 77.4 cm³/mol. The van der Waals surface area contributed by atoms with Gasteiger partial charge in [-0.15, -0.1) is 0 Å². The summed E-state index contributed by atoms with van der Waals surface area (Å²) in [6.07, 6.45) is 12.9. The molecule has 0 fully saturated rings. The third kappa shape index (κ3) is 3.68. The monoisotopic (exact) mass is 254 g/mol. The van der Waals surface area contributed by atoms with Crippen molar-refractivity contribution in [3.63, 3.8) is 0 Å². The predicted octanol–water partition coefficient (Wildman–Crippen LogP) is 3.62. The molecule has 1 aliphatic rings. The molecule has 0 saturated carbocycles. The largest absolute Gasteiger partial charge is 0.469 e. The molecule has 0 amide bonds. The van der Waals surface area contributed by atoms with Crippen LogP contribution in [-0.4, -0.2) is 13.1 Å². The SMILES string of the molecule is COC(=O)C(C=Cc1ccccc1)C1C=CC=CC1. The topological polar surface area (TPSA) is 26.3 Å². The lowest BCUT2D eigenvalue weighted by Crippen LogP contribution is -2.22. The Hall–Kier alpha value is -2.09. The zero-order valence-corrected chi connectivity index (χ0v) is 11.0. The lowest BCUT2D eigenvalue weighted by molar-refractivity contribution is -0.144. The molecule has 2 nitrogen and oxygen atoms in total. The molecule has 0 aromatic heterocycles. The molecule has 0 heterocycles. The van der Waals surface area contributed by atoms with Gasteiger partial charge in [0.25, 0.3) is 0 Å². The van der Waals surface area contributed by atoms with Crippen molar-refractivity contribution in [1.82, 2.24) is 0 Å². The summed E-state index contributed by atoms with van der Waals surface area (Å²) in [5.41, 5.74) is 1.09. The molecule has 2 rings (SSSR count). The summed E-state index contributed by atoms with van der Waals surface area (Å²) in [5, 5.41) is 0. The van der Waals surface area contributed by atoms with E-state index >= 15 is 0 Å². The summed E-state index contributed by atoms with van der Waals surface area (Å²) < 4.78 is 4.91. The number of methoxy groups -OCH3 is 1. The highest BCUT2D eigenvalue weighted by Gasteiger charge is 2.24. The van der Waals surface area contributed by atoms with E-state index in [2.05, 4.69) is 12.2 Å². The van der Waals surface area contributed by atoms with Crippen LogP contribution >= 0.6 is 0 Å². The average Bonchev–Trinajstić information content (AvgIpc) is 2.49. The molecule has 0 spiro atoms. The Bertz CT molecular complexity index is 497. The molecule has 2 unspecified atom stereocenters. The second kappa shape index (κ2) is 6.74. The minimum atomic E-state index is -0.230. The lowest BCUT2D eigenvalue weighted by Gasteiger charge is -2.19. The van der Waals surface area contributed by atoms with E-state index in [9.17, 15) is 4.79 Å². The number of ether oxygens (including phenoxy) is 1. The minimum Gasteiger partial charge on any atom is -0.469 e. The molecule has 2 heteroatoms. The molecule has 0 radical (unpaired) electrons. The second-order valence-electron chi connectivity index (χ2n) is 4.53. The molecule has 1 aliphatic carbocycles. The highest BCUT2D eigenvalue weighted by Crippen LogP contribution is 2.24. The van der Waals surface area contributed by atoms with Crippen molar-refractivity contribution in [3.05, 3.63) is 66.3 Å². The minimum absolute atomic E-state index is 0.178. The maximum atomic E-state index is 11.9. The Morgan fingerprint density at radius 1 is 1.32 bits per heavy atom. The molecule has 19 heavy (non-hydrogen) atoms. The van der Waals surface area contributed by atoms with E-state index in [1.807, 2.05) is 54.6 Å². The van der Waals surface area contributed by atoms with Crippen molar-refractivity contribution >= 4 is 12.0 Å². The second-order valence-corrected chi connectivity index (χ2v) is 4.53. The fraction of sp³-hybridized carbons (Fsp3) is 0.235. The van der Waals surface area contributed by atoms with Gasteiger partial charge in [0, 0.05) is 0 Å². The van der Waals surface area contributed by atoms with E-state index in [1.54, 1.807) is 0 Å². The van der Waals surface area contributed by atoms with Gasteiger partial charge in [-0.1, -0.05) is 66.8 Å². The van der Waals surface area contributed by atoms with Gasteiger partial charge in [0.15, 0.2) is 0 Å². The van der Waals surface area contributed by atoms with Gasteiger partial charge >= 0.3 is 5.97 Å². The van der Waals surface area contributed by atoms with Crippen molar-refractivity contribution in [1.29, 1.82) is 0 Å². The van der Waals surface area contributed by atoms with Gasteiger partial charge in [-0.2, -0.15) is 0 Å². The van der Waals surface area contributed by atoms with Crippen molar-refractivity contribution in [2.24, 2.45) is 11.8 Å². The van der Waals surface area contributed by atoms with Crippen LogP contribution in [0, 0.1) is 11.8 Å². The molecule has 0 N–H and O–H groups in total. The van der Waals surface area contributed by atoms with Crippen molar-refractivity contribution in [3.8, 4) is 0 Å². The maximum absolute atomic E-state index is 11.9. The molecule has 0 bridgehead atoms. The van der Waals surface area contributed by atoms with Crippen LogP contribution in [0.4, 0.5) is 0 Å². The number of hydrogen-bond donors (Lipinski definition) is 0. The summed E-state index contributed by atoms with van der Waals surface area (Å²) in [6, 6.07) is 9.97. The normalized spacial score (nSPS) is 19.5. The van der Waals surface area contributed by atoms with Crippen LogP contribution in [0.2, 0.25) is 0 Å². The first-order valence-corrected chi connectivity index (χ1v) is 6.45. The van der Waals surface area contributed by atoms with Crippen LogP contribution in [0.25, 0.3) is 6.08 Å². The highest BCUT2D eigenvalue weighted by molar-refractivity contribution is 5.76. The summed E-state index contributed by atoms with van der Waals surface area (Å²) in [5.74, 6) is -0.235. The molecular formula is C17H18O2. The fourth-order valence-electron chi connectivity index (χ4n) is 2.18. The lowest BCUT2D eigenvalue weighted by atomic mass is 9.86. The van der Waals surface area contributed by atoms with Gasteiger partial charge in [-0.05, 0) is 17.9 Å². The van der Waals surface area contributed by atoms with E-state index in [4.69, 9.17) is 4.74 Å². The van der Waals surface area contributed by atoms with Gasteiger partial charge in [0.05, 0.1) is 13.0 Å². The van der Waals surface area contributed by atoms with E-state index in [-0.39, 0.29) is 17.8 Å². The summed E-state index contributed by atoms with van der Waals surface area (Å²) in [6.45, 7) is 0. The van der Waals surface area contributed by atoms with Gasteiger partial charge < -0.3 is 4.74 Å². The Balaban J connectivity index is 2.14. The number of rotatable bonds is 4. The van der Waals surface area contributed by atoms with Crippen molar-refractivity contribution < 1.29 is 9.53 Å². The van der Waals surface area contributed by atoms with E-state index in [0.717, 1.165) is 12.0 Å². The Morgan fingerprint density at radius 3 is 2.74 bits per heavy atom. The van der Waals surface area contributed by atoms with Crippen LogP contribution in [0.15, 0.2) is 60.7 Å². The fourth-order valence-corrected chi connectivity index (χ4v) is 2.18. The Labute approximate surface area is 114 Å². The first kappa shape index (κ1) is 13.3. The zero-order chi connectivity index (χ0) is 13.5. The van der Waals surface area contributed by atoms with Crippen LogP contribution in [-0.2, 0) is 9.53 Å². The Morgan fingerprint density at radius 2 is 2.11 bits per heavy atom. The molecule has 0 saturated heterocycles. The highest BCUT2D eigenvalue weighted by atomic mass is 16.5. The third-order valence-electron chi connectivity index (χ3n) is 3.24. The number of carbonyl (C=O) groups is 1. The average molecular weight is 254 g/mol. The van der Waals surface area contributed by atoms with Crippen LogP contribution in [0.5, 0.6) is 0 Å². The number of hydrogen-bond acceptors (Lipinski definition) is 2. The van der Waals surface area contributed by atoms with Crippen molar-refractivity contribution in [2.45, 2.75) is 6.42 Å². The number of benzene rings is 1. The standard InChI is InChI=1S/C17H18O2/c1-19-17(18)16(15-10-6-3-7-11-15)13-12-14-8-4-2-5-9-14/h2-10,12-13,15-16H,11H2,1H3. The van der Waals surface area contributed by atoms with Gasteiger partial charge in [0.2, 0.25) is 0 Å². The van der Waals surface area contributed by atoms with Gasteiger partial charge in [-0.25, -0.2) is 0 Å². The van der Waals surface area contributed by atoms with E-state index < -0.39 is 0 Å². The van der Waals surface area contributed by atoms with Gasteiger partial charge in [0.1, 0.15) is 0 Å². The van der Waals surface area contributed by atoms with Crippen molar-refractivity contribution in [2.75, 3.05) is 7.11 Å². The number of esters is 1. The summed E-state index contributed by atoms with van der Waals surface area (Å²) in [7, 11) is 1.44. The Kier molecular flexibility index (Phi) is 4.73. The van der Waals surface area contributed by atoms with E-state index in [1.165, 1.54) is 7.11 Å². The van der Waals surface area contributed by atoms with Crippen LogP contribution in [0.3, 0.4) is 0 Å². The van der Waals surface area contributed by atoms with Crippen LogP contribution < -0.4 is 0 Å². The number of allylic oxidation sites excluding steroid dienone is 4. The first-order chi connectivity index (χ1) is 9.31. The molecule has 1 aromatic rings. The van der Waals surface area contributed by atoms with Crippen LogP contribution in [0.1, 0.15) is 12.0 Å². The quantitative estimate of drug-likeness (QED) is 0.767.